The summed E-state index contributed by atoms with van der Waals surface area (Å²) in [5, 5.41) is 0. The number of esters is 2. The molecule has 0 aliphatic carbocycles. The maximum atomic E-state index is 12.8. The van der Waals surface area contributed by atoms with E-state index in [0.717, 1.165) is 128 Å². The smallest absolute Gasteiger partial charge is 0.462 e. The van der Waals surface area contributed by atoms with Gasteiger partial charge in [0.1, 0.15) is 19.8 Å². The summed E-state index contributed by atoms with van der Waals surface area (Å²) in [5.41, 5.74) is 0. The first-order valence-corrected chi connectivity index (χ1v) is 28.7. The number of hydrogen-bond acceptors (Lipinski definition) is 7. The lowest BCUT2D eigenvalue weighted by molar-refractivity contribution is -0.870. The molecule has 10 heteroatoms. The predicted molar refractivity (Wildman–Crippen MR) is 306 cm³/mol. The second-order valence-electron chi connectivity index (χ2n) is 18.5. The van der Waals surface area contributed by atoms with Crippen LogP contribution < -0.4 is 0 Å². The maximum absolute atomic E-state index is 12.8. The average Bonchev–Trinajstić information content (AvgIpc) is 3.34. The van der Waals surface area contributed by atoms with Crippen LogP contribution in [0.5, 0.6) is 0 Å². The fourth-order valence-corrected chi connectivity index (χ4v) is 7.15. The SMILES string of the molecule is CC/C=C\C/C=C\C/C=C\C/C=C\C/C=C\C/C=C\C/C=C\CCCCCCCC(=O)OC(COC(=O)CCCC/C=C\C/C=C\C/C=C\C/C=C\C/C=C\C/C=C\CC)COP(=O)(O)OCC[N+](C)(C)C. The van der Waals surface area contributed by atoms with E-state index in [1.165, 1.54) is 0 Å². The topological polar surface area (TPSA) is 108 Å². The van der Waals surface area contributed by atoms with Gasteiger partial charge in [0.25, 0.3) is 0 Å². The number of carbonyl (C=O) groups excluding carboxylic acids is 2. The molecule has 0 aromatic heterocycles. The van der Waals surface area contributed by atoms with E-state index in [9.17, 15) is 19.0 Å². The highest BCUT2D eigenvalue weighted by Gasteiger charge is 2.27. The lowest BCUT2D eigenvalue weighted by Crippen LogP contribution is -2.37. The number of quaternary nitrogens is 1. The number of ether oxygens (including phenoxy) is 2. The third-order valence-corrected chi connectivity index (χ3v) is 11.5. The molecule has 0 aliphatic rings. The molecule has 1 N–H and O–H groups in total. The van der Waals surface area contributed by atoms with Crippen LogP contribution >= 0.6 is 7.82 Å². The minimum atomic E-state index is -4.41. The van der Waals surface area contributed by atoms with Crippen molar-refractivity contribution in [2.75, 3.05) is 47.5 Å². The van der Waals surface area contributed by atoms with Crippen LogP contribution in [0.15, 0.2) is 158 Å². The van der Waals surface area contributed by atoms with Gasteiger partial charge in [0, 0.05) is 12.8 Å². The molecule has 0 bridgehead atoms. The summed E-state index contributed by atoms with van der Waals surface area (Å²) >= 11 is 0. The Bertz CT molecular complexity index is 1770. The van der Waals surface area contributed by atoms with Gasteiger partial charge in [-0.25, -0.2) is 4.57 Å². The van der Waals surface area contributed by atoms with Crippen molar-refractivity contribution in [3.8, 4) is 0 Å². The molecule has 2 unspecified atom stereocenters. The Hall–Kier alpha value is -4.37. The number of hydrogen-bond donors (Lipinski definition) is 1. The van der Waals surface area contributed by atoms with Gasteiger partial charge in [0.05, 0.1) is 27.7 Å². The molecule has 72 heavy (non-hydrogen) atoms. The summed E-state index contributed by atoms with van der Waals surface area (Å²) in [6.45, 7) is 4.09. The number of phosphoric acid groups is 1. The summed E-state index contributed by atoms with van der Waals surface area (Å²) in [6, 6.07) is 0. The van der Waals surface area contributed by atoms with E-state index in [1.807, 2.05) is 21.1 Å². The number of rotatable bonds is 47. The van der Waals surface area contributed by atoms with Crippen molar-refractivity contribution in [3.05, 3.63) is 158 Å². The molecule has 0 rings (SSSR count). The number of phosphoric ester groups is 1. The fourth-order valence-electron chi connectivity index (χ4n) is 6.41. The van der Waals surface area contributed by atoms with E-state index in [2.05, 4.69) is 172 Å². The van der Waals surface area contributed by atoms with Crippen LogP contribution in [0.1, 0.15) is 168 Å². The minimum absolute atomic E-state index is 0.00982. The van der Waals surface area contributed by atoms with Crippen LogP contribution in [0.2, 0.25) is 0 Å². The fraction of sp³-hybridized carbons (Fsp3) is 0.548. The highest BCUT2D eigenvalue weighted by Crippen LogP contribution is 2.43. The van der Waals surface area contributed by atoms with Gasteiger partial charge in [0.15, 0.2) is 6.10 Å². The lowest BCUT2D eigenvalue weighted by atomic mass is 10.1. The Kier molecular flexibility index (Phi) is 48.4. The first kappa shape index (κ1) is 67.6. The van der Waals surface area contributed by atoms with Crippen LogP contribution in [0.25, 0.3) is 0 Å². The van der Waals surface area contributed by atoms with E-state index < -0.39 is 32.5 Å². The summed E-state index contributed by atoms with van der Waals surface area (Å²) in [7, 11) is 1.41. The normalized spacial score (nSPS) is 14.6. The monoisotopic (exact) mass is 1020 g/mol. The summed E-state index contributed by atoms with van der Waals surface area (Å²) < 4.78 is 34.4. The number of carbonyl (C=O) groups is 2. The second-order valence-corrected chi connectivity index (χ2v) is 19.9. The van der Waals surface area contributed by atoms with Crippen LogP contribution in [0.4, 0.5) is 0 Å². The molecule has 404 valence electrons. The van der Waals surface area contributed by atoms with Gasteiger partial charge in [-0.15, -0.1) is 0 Å². The number of allylic oxidation sites excluding steroid dienone is 26. The van der Waals surface area contributed by atoms with Crippen molar-refractivity contribution >= 4 is 19.8 Å². The molecule has 9 nitrogen and oxygen atoms in total. The third-order valence-electron chi connectivity index (χ3n) is 10.6. The Morgan fingerprint density at radius 2 is 0.750 bits per heavy atom. The zero-order valence-corrected chi connectivity index (χ0v) is 46.5. The lowest BCUT2D eigenvalue weighted by Gasteiger charge is -2.24. The molecular weight excluding hydrogens is 918 g/mol. The standard InChI is InChI=1S/C62H98NO8P/c1-6-8-10-12-14-16-18-20-22-24-26-28-29-30-31-32-33-35-37-39-41-43-45-47-49-51-53-55-62(65)71-60(59-70-72(66,67)69-57-56-63(3,4)5)58-68-61(64)54-52-50-48-46-44-42-40-38-36-34-27-25-23-21-19-17-15-13-11-9-7-2/h8-11,14-17,20-23,26-28,30-31,33-35,38-41,44,46,60H,6-7,12-13,18-19,24-25,29,32,36-37,42-43,45,47-59H2,1-5H3/p+1/b10-8-,11-9-,16-14-,17-15-,22-20-,23-21-,28-26-,31-30-,34-27-,35-33-,40-38-,41-39-,46-44-. The largest absolute Gasteiger partial charge is 0.472 e. The molecule has 0 heterocycles. The van der Waals surface area contributed by atoms with Crippen molar-refractivity contribution in [1.82, 2.24) is 0 Å². The number of nitrogens with zero attached hydrogens (tertiary/aromatic N) is 1. The van der Waals surface area contributed by atoms with Gasteiger partial charge in [-0.1, -0.05) is 191 Å². The van der Waals surface area contributed by atoms with E-state index >= 15 is 0 Å². The Morgan fingerprint density at radius 1 is 0.431 bits per heavy atom. The highest BCUT2D eigenvalue weighted by atomic mass is 31.2. The van der Waals surface area contributed by atoms with Crippen molar-refractivity contribution in [3.63, 3.8) is 0 Å². The molecule has 0 aromatic rings. The van der Waals surface area contributed by atoms with Crippen molar-refractivity contribution in [1.29, 1.82) is 0 Å². The number of unbranched alkanes of at least 4 members (excludes halogenated alkanes) is 7. The molecule has 0 amide bonds. The van der Waals surface area contributed by atoms with Gasteiger partial charge in [-0.05, 0) is 122 Å². The quantitative estimate of drug-likeness (QED) is 0.0211. The van der Waals surface area contributed by atoms with Crippen LogP contribution in [-0.2, 0) is 32.7 Å². The van der Waals surface area contributed by atoms with E-state index in [4.69, 9.17) is 18.5 Å². The van der Waals surface area contributed by atoms with Crippen molar-refractivity contribution in [2.24, 2.45) is 0 Å². The molecule has 0 aromatic carbocycles. The molecular formula is C62H99NO8P+. The van der Waals surface area contributed by atoms with Gasteiger partial charge in [0.2, 0.25) is 0 Å². The zero-order valence-electron chi connectivity index (χ0n) is 45.6. The Morgan fingerprint density at radius 3 is 1.14 bits per heavy atom. The molecule has 0 aliphatic heterocycles. The summed E-state index contributed by atoms with van der Waals surface area (Å²) in [6.07, 6.45) is 77.3. The summed E-state index contributed by atoms with van der Waals surface area (Å²) in [5.74, 6) is -0.888. The van der Waals surface area contributed by atoms with Crippen molar-refractivity contribution < 1.29 is 42.1 Å². The Balaban J connectivity index is 4.39. The van der Waals surface area contributed by atoms with Crippen LogP contribution in [0.3, 0.4) is 0 Å². The Labute approximate surface area is 439 Å². The van der Waals surface area contributed by atoms with Gasteiger partial charge in [-0.2, -0.15) is 0 Å². The highest BCUT2D eigenvalue weighted by molar-refractivity contribution is 7.47. The van der Waals surface area contributed by atoms with E-state index in [1.54, 1.807) is 0 Å². The summed E-state index contributed by atoms with van der Waals surface area (Å²) in [4.78, 5) is 35.6. The van der Waals surface area contributed by atoms with Gasteiger partial charge in [-0.3, -0.25) is 18.6 Å². The zero-order chi connectivity index (χ0) is 52.7. The van der Waals surface area contributed by atoms with E-state index in [0.29, 0.717) is 23.9 Å². The first-order chi connectivity index (χ1) is 35.0. The number of likely N-dealkylation sites (N-methyl/N-ethyl adjacent to an activating group) is 1. The second kappa shape index (κ2) is 51.5. The average molecular weight is 1020 g/mol. The van der Waals surface area contributed by atoms with Gasteiger partial charge < -0.3 is 18.9 Å². The minimum Gasteiger partial charge on any atom is -0.462 e. The van der Waals surface area contributed by atoms with E-state index in [-0.39, 0.29) is 26.1 Å². The molecule has 0 saturated heterocycles. The maximum Gasteiger partial charge on any atom is 0.472 e. The third kappa shape index (κ3) is 55.0. The molecule has 0 saturated carbocycles. The van der Waals surface area contributed by atoms with Crippen LogP contribution in [0, 0.1) is 0 Å². The van der Waals surface area contributed by atoms with Gasteiger partial charge >= 0.3 is 19.8 Å². The first-order valence-electron chi connectivity index (χ1n) is 27.2. The van der Waals surface area contributed by atoms with Crippen LogP contribution in [-0.4, -0.2) is 74.9 Å². The molecule has 0 spiro atoms. The molecule has 2 atom stereocenters. The molecule has 0 radical (unpaired) electrons. The van der Waals surface area contributed by atoms with Crippen molar-refractivity contribution in [2.45, 2.75) is 174 Å². The predicted octanol–water partition coefficient (Wildman–Crippen LogP) is 16.9. The molecule has 0 fully saturated rings.